The smallest absolute Gasteiger partial charge is 0.264 e. The molecule has 3 amide bonds. The normalized spacial score (nSPS) is 21.6. The molecule has 8 heteroatoms. The number of ether oxygens (including phenoxy) is 1. The van der Waals surface area contributed by atoms with Crippen molar-refractivity contribution in [3.63, 3.8) is 0 Å². The Balaban J connectivity index is 1.31. The minimum absolute atomic E-state index is 0.0787. The van der Waals surface area contributed by atoms with Crippen LogP contribution in [0.3, 0.4) is 0 Å². The van der Waals surface area contributed by atoms with Crippen LogP contribution in [0.4, 0.5) is 5.69 Å². The molecule has 1 N–H and O–H groups in total. The van der Waals surface area contributed by atoms with Crippen molar-refractivity contribution in [2.24, 2.45) is 0 Å². The van der Waals surface area contributed by atoms with Crippen LogP contribution in [0.25, 0.3) is 22.4 Å². The lowest BCUT2D eigenvalue weighted by atomic mass is 9.68. The summed E-state index contributed by atoms with van der Waals surface area (Å²) in [5.41, 5.74) is 4.49. The molecule has 2 aliphatic heterocycles. The van der Waals surface area contributed by atoms with Crippen molar-refractivity contribution < 1.29 is 24.2 Å². The Hall–Kier alpha value is -4.82. The Morgan fingerprint density at radius 1 is 0.825 bits per heavy atom. The number of imide groups is 1. The summed E-state index contributed by atoms with van der Waals surface area (Å²) in [5.74, 6) is -0.442. The van der Waals surface area contributed by atoms with Gasteiger partial charge in [0.05, 0.1) is 28.5 Å². The molecule has 1 aromatic heterocycles. The Kier molecular flexibility index (Phi) is 5.37. The lowest BCUT2D eigenvalue weighted by Crippen LogP contribution is -2.59. The molecule has 0 unspecified atom stereocenters. The molecule has 3 aromatic carbocycles. The first-order valence-electron chi connectivity index (χ1n) is 13.1. The number of likely N-dealkylation sites (N-methyl/N-ethyl adjacent to an activating group) is 1. The van der Waals surface area contributed by atoms with Gasteiger partial charge in [0.1, 0.15) is 5.69 Å². The number of benzene rings is 3. The number of pyridine rings is 1. The van der Waals surface area contributed by atoms with Crippen molar-refractivity contribution in [1.82, 2.24) is 9.88 Å². The maximum absolute atomic E-state index is 13.4. The lowest BCUT2D eigenvalue weighted by molar-refractivity contribution is -0.121. The van der Waals surface area contributed by atoms with Crippen molar-refractivity contribution in [1.29, 1.82) is 0 Å². The van der Waals surface area contributed by atoms with Gasteiger partial charge in [0.25, 0.3) is 17.7 Å². The molecule has 1 aliphatic carbocycles. The van der Waals surface area contributed by atoms with Gasteiger partial charge in [0.15, 0.2) is 6.61 Å². The van der Waals surface area contributed by atoms with E-state index in [1.807, 2.05) is 60.7 Å². The van der Waals surface area contributed by atoms with Gasteiger partial charge in [0.2, 0.25) is 5.88 Å². The van der Waals surface area contributed by atoms with Gasteiger partial charge < -0.3 is 14.7 Å². The van der Waals surface area contributed by atoms with Gasteiger partial charge in [-0.05, 0) is 29.3 Å². The van der Waals surface area contributed by atoms with Crippen molar-refractivity contribution in [2.45, 2.75) is 24.5 Å². The molecule has 0 saturated heterocycles. The zero-order valence-corrected chi connectivity index (χ0v) is 21.7. The summed E-state index contributed by atoms with van der Waals surface area (Å²) in [4.78, 5) is 46.7. The quantitative estimate of drug-likeness (QED) is 0.392. The number of carbonyl (C=O) groups excluding carboxylic acids is 3. The fourth-order valence-corrected chi connectivity index (χ4v) is 6.03. The first-order chi connectivity index (χ1) is 19.4. The largest absolute Gasteiger partial charge is 0.466 e. The topological polar surface area (TPSA) is 100 Å². The van der Waals surface area contributed by atoms with Crippen LogP contribution >= 0.6 is 0 Å². The number of nitrogens with zero attached hydrogens (tertiary/aromatic N) is 3. The molecule has 4 aromatic rings. The van der Waals surface area contributed by atoms with Gasteiger partial charge in [-0.25, -0.2) is 4.98 Å². The molecule has 3 heterocycles. The van der Waals surface area contributed by atoms with E-state index in [1.165, 1.54) is 4.90 Å². The van der Waals surface area contributed by atoms with Crippen LogP contribution in [0.5, 0.6) is 5.88 Å². The third-order valence-electron chi connectivity index (χ3n) is 8.19. The highest BCUT2D eigenvalue weighted by molar-refractivity contribution is 6.22. The highest BCUT2D eigenvalue weighted by Crippen LogP contribution is 2.50. The maximum atomic E-state index is 13.4. The highest BCUT2D eigenvalue weighted by Gasteiger charge is 2.56. The molecule has 0 radical (unpaired) electrons. The number of aliphatic hydroxyl groups is 1. The van der Waals surface area contributed by atoms with E-state index in [9.17, 15) is 19.5 Å². The van der Waals surface area contributed by atoms with Crippen LogP contribution in [0.2, 0.25) is 0 Å². The van der Waals surface area contributed by atoms with Gasteiger partial charge in [-0.2, -0.15) is 0 Å². The van der Waals surface area contributed by atoms with Gasteiger partial charge in [-0.1, -0.05) is 66.7 Å². The van der Waals surface area contributed by atoms with E-state index >= 15 is 0 Å². The number of aliphatic hydroxyl groups excluding tert-OH is 1. The molecule has 8 nitrogen and oxygen atoms in total. The number of hydrogen-bond donors (Lipinski definition) is 1. The molecular formula is C32H25N3O5. The Morgan fingerprint density at radius 2 is 1.45 bits per heavy atom. The summed E-state index contributed by atoms with van der Waals surface area (Å²) in [6, 6.07) is 26.2. The van der Waals surface area contributed by atoms with Crippen LogP contribution in [0, 0.1) is 0 Å². The fourth-order valence-electron chi connectivity index (χ4n) is 6.03. The van der Waals surface area contributed by atoms with E-state index in [4.69, 9.17) is 9.72 Å². The van der Waals surface area contributed by atoms with E-state index in [0.29, 0.717) is 28.4 Å². The van der Waals surface area contributed by atoms with E-state index in [1.54, 1.807) is 36.2 Å². The third-order valence-corrected chi connectivity index (χ3v) is 8.19. The summed E-state index contributed by atoms with van der Waals surface area (Å²) in [6.45, 7) is -0.0787. The first kappa shape index (κ1) is 24.2. The van der Waals surface area contributed by atoms with Crippen molar-refractivity contribution in [3.05, 3.63) is 102 Å². The van der Waals surface area contributed by atoms with E-state index in [2.05, 4.69) is 0 Å². The van der Waals surface area contributed by atoms with E-state index in [-0.39, 0.29) is 37.2 Å². The van der Waals surface area contributed by atoms with E-state index < -0.39 is 11.6 Å². The van der Waals surface area contributed by atoms with Crippen LogP contribution in [-0.2, 0) is 10.3 Å². The van der Waals surface area contributed by atoms with Gasteiger partial charge in [-0.3, -0.25) is 19.3 Å². The van der Waals surface area contributed by atoms with Gasteiger partial charge in [-0.15, -0.1) is 0 Å². The molecular weight excluding hydrogens is 506 g/mol. The number of rotatable bonds is 4. The molecule has 198 valence electrons. The number of amides is 3. The van der Waals surface area contributed by atoms with E-state index in [0.717, 1.165) is 22.3 Å². The monoisotopic (exact) mass is 531 g/mol. The number of anilines is 1. The number of fused-ring (bicyclic) bond motifs is 2. The standard InChI is InChI=1S/C32H25N3O5/c1-34-26-15-25(19-7-3-2-4-8-19)28(33-29(26)40-18-27(34)37)20-11-13-21(14-12-20)32(16-22(36)17-32)35-30(38)23-9-5-6-10-24(23)31(35)39/h2-15,22,36H,16-18H2,1H3/t22-,32-. The molecule has 0 spiro atoms. The van der Waals surface area contributed by atoms with Crippen LogP contribution in [-0.4, -0.2) is 52.5 Å². The minimum Gasteiger partial charge on any atom is -0.466 e. The molecule has 7 rings (SSSR count). The maximum Gasteiger partial charge on any atom is 0.264 e. The predicted molar refractivity (Wildman–Crippen MR) is 148 cm³/mol. The Morgan fingerprint density at radius 3 is 2.08 bits per heavy atom. The second-order valence-electron chi connectivity index (χ2n) is 10.5. The van der Waals surface area contributed by atoms with Crippen molar-refractivity contribution in [2.75, 3.05) is 18.6 Å². The van der Waals surface area contributed by atoms with Gasteiger partial charge in [0, 0.05) is 31.0 Å². The molecule has 40 heavy (non-hydrogen) atoms. The number of aromatic nitrogens is 1. The van der Waals surface area contributed by atoms with Crippen LogP contribution in [0.15, 0.2) is 84.9 Å². The number of carbonyl (C=O) groups is 3. The van der Waals surface area contributed by atoms with Crippen LogP contribution in [0.1, 0.15) is 39.1 Å². The summed E-state index contributed by atoms with van der Waals surface area (Å²) < 4.78 is 5.69. The summed E-state index contributed by atoms with van der Waals surface area (Å²) in [5, 5.41) is 10.3. The summed E-state index contributed by atoms with van der Waals surface area (Å²) in [7, 11) is 1.71. The molecule has 3 aliphatic rings. The zero-order chi connectivity index (χ0) is 27.6. The predicted octanol–water partition coefficient (Wildman–Crippen LogP) is 4.42. The second-order valence-corrected chi connectivity index (χ2v) is 10.5. The van der Waals surface area contributed by atoms with Crippen molar-refractivity contribution in [3.8, 4) is 28.3 Å². The average molecular weight is 532 g/mol. The highest BCUT2D eigenvalue weighted by atomic mass is 16.5. The molecule has 0 bridgehead atoms. The second kappa shape index (κ2) is 8.86. The SMILES string of the molecule is CN1C(=O)COc2nc(-c3ccc([C@]4(N5C(=O)c6ccccc6C5=O)C[C@H](O)C4)cc3)c(-c3ccccc3)cc21. The van der Waals surface area contributed by atoms with Crippen LogP contribution < -0.4 is 9.64 Å². The summed E-state index contributed by atoms with van der Waals surface area (Å²) >= 11 is 0. The fraction of sp³-hybridized carbons (Fsp3) is 0.188. The Bertz CT molecular complexity index is 1660. The minimum atomic E-state index is -0.928. The zero-order valence-electron chi connectivity index (χ0n) is 21.7. The Labute approximate surface area is 230 Å². The molecule has 1 saturated carbocycles. The third kappa shape index (κ3) is 3.49. The first-order valence-corrected chi connectivity index (χ1v) is 13.1. The lowest BCUT2D eigenvalue weighted by Gasteiger charge is -2.50. The molecule has 0 atom stereocenters. The molecule has 1 fully saturated rings. The number of hydrogen-bond acceptors (Lipinski definition) is 6. The van der Waals surface area contributed by atoms with Crippen molar-refractivity contribution >= 4 is 23.4 Å². The average Bonchev–Trinajstić information content (AvgIpc) is 3.23. The van der Waals surface area contributed by atoms with Gasteiger partial charge >= 0.3 is 0 Å². The summed E-state index contributed by atoms with van der Waals surface area (Å²) in [6.07, 6.45) is -0.0515.